The number of nitrogens with zero attached hydrogens (tertiary/aromatic N) is 3. The molecule has 1 aliphatic heterocycles. The monoisotopic (exact) mass is 194 g/mol. The Bertz CT molecular complexity index is 230. The van der Waals surface area contributed by atoms with Crippen molar-refractivity contribution in [1.82, 2.24) is 9.80 Å². The van der Waals surface area contributed by atoms with Crippen molar-refractivity contribution in [2.24, 2.45) is 10.9 Å². The van der Waals surface area contributed by atoms with Crippen LogP contribution in [0.3, 0.4) is 0 Å². The second kappa shape index (κ2) is 4.09. The lowest BCUT2D eigenvalue weighted by atomic mass is 10.3. The van der Waals surface area contributed by atoms with Crippen molar-refractivity contribution in [1.29, 1.82) is 5.41 Å². The highest BCUT2D eigenvalue weighted by molar-refractivity contribution is 5.64. The fraction of sp³-hybridized carbons (Fsp3) is 0.800. The van der Waals surface area contributed by atoms with E-state index in [0.29, 0.717) is 12.0 Å². The smallest absolute Gasteiger partial charge is 0.0854 e. The van der Waals surface area contributed by atoms with Crippen LogP contribution in [0.4, 0.5) is 0 Å². The second-order valence-corrected chi connectivity index (χ2v) is 4.24. The molecule has 0 radical (unpaired) electrons. The summed E-state index contributed by atoms with van der Waals surface area (Å²) in [5.74, 6) is 0.429. The van der Waals surface area contributed by atoms with Crippen LogP contribution in [0.2, 0.25) is 0 Å². The molecule has 4 heteroatoms. The number of hydrogen-bond donors (Lipinski definition) is 1. The molecule has 0 aromatic heterocycles. The first-order chi connectivity index (χ1) is 6.79. The normalized spacial score (nSPS) is 33.6. The van der Waals surface area contributed by atoms with Gasteiger partial charge in [-0.15, -0.1) is 0 Å². The lowest BCUT2D eigenvalue weighted by Crippen LogP contribution is -2.43. The van der Waals surface area contributed by atoms with Crippen molar-refractivity contribution in [3.05, 3.63) is 0 Å². The van der Waals surface area contributed by atoms with Gasteiger partial charge in [-0.1, -0.05) is 0 Å². The fourth-order valence-corrected chi connectivity index (χ4v) is 1.67. The highest BCUT2D eigenvalue weighted by Gasteiger charge is 2.34. The molecule has 0 bridgehead atoms. The van der Waals surface area contributed by atoms with Gasteiger partial charge in [0, 0.05) is 38.3 Å². The number of piperazine rings is 1. The highest BCUT2D eigenvalue weighted by Crippen LogP contribution is 2.31. The van der Waals surface area contributed by atoms with E-state index in [0.717, 1.165) is 32.6 Å². The summed E-state index contributed by atoms with van der Waals surface area (Å²) in [6, 6.07) is 0.409. The van der Waals surface area contributed by atoms with E-state index in [9.17, 15) is 0 Å². The van der Waals surface area contributed by atoms with Gasteiger partial charge in [0.2, 0.25) is 0 Å². The molecule has 0 aromatic carbocycles. The van der Waals surface area contributed by atoms with Gasteiger partial charge in [0.15, 0.2) is 0 Å². The Morgan fingerprint density at radius 2 is 2.00 bits per heavy atom. The first-order valence-electron chi connectivity index (χ1n) is 5.26. The number of hydrogen-bond acceptors (Lipinski definition) is 3. The maximum atomic E-state index is 7.08. The van der Waals surface area contributed by atoms with Crippen LogP contribution in [0.15, 0.2) is 4.99 Å². The summed E-state index contributed by atoms with van der Waals surface area (Å²) in [4.78, 5) is 9.08. The number of nitrogens with one attached hydrogen (secondary N) is 1. The molecule has 14 heavy (non-hydrogen) atoms. The summed E-state index contributed by atoms with van der Waals surface area (Å²) < 4.78 is 0. The minimum atomic E-state index is 0.409. The van der Waals surface area contributed by atoms with Crippen molar-refractivity contribution in [3.8, 4) is 0 Å². The fourth-order valence-electron chi connectivity index (χ4n) is 1.67. The molecule has 0 aromatic rings. The summed E-state index contributed by atoms with van der Waals surface area (Å²) in [6.45, 7) is 4.43. The molecule has 1 aliphatic carbocycles. The van der Waals surface area contributed by atoms with E-state index in [-0.39, 0.29) is 0 Å². The molecular formula is C10H18N4. The maximum Gasteiger partial charge on any atom is 0.0854 e. The van der Waals surface area contributed by atoms with E-state index in [1.807, 2.05) is 6.34 Å². The van der Waals surface area contributed by atoms with E-state index in [1.165, 1.54) is 6.21 Å². The van der Waals surface area contributed by atoms with Crippen molar-refractivity contribution in [2.75, 3.05) is 33.2 Å². The van der Waals surface area contributed by atoms with Gasteiger partial charge in [0.1, 0.15) is 0 Å². The van der Waals surface area contributed by atoms with E-state index in [2.05, 4.69) is 21.8 Å². The topological polar surface area (TPSA) is 42.7 Å². The van der Waals surface area contributed by atoms with Crippen molar-refractivity contribution >= 4 is 12.6 Å². The Balaban J connectivity index is 1.73. The lowest BCUT2D eigenvalue weighted by Gasteiger charge is -2.30. The van der Waals surface area contributed by atoms with E-state index in [1.54, 1.807) is 0 Å². The predicted molar refractivity (Wildman–Crippen MR) is 58.2 cm³/mol. The van der Waals surface area contributed by atoms with Gasteiger partial charge in [-0.2, -0.15) is 0 Å². The van der Waals surface area contributed by atoms with Gasteiger partial charge in [0.05, 0.1) is 12.4 Å². The van der Waals surface area contributed by atoms with Gasteiger partial charge >= 0.3 is 0 Å². The summed E-state index contributed by atoms with van der Waals surface area (Å²) in [5, 5.41) is 7.08. The van der Waals surface area contributed by atoms with Gasteiger partial charge in [-0.25, -0.2) is 0 Å². The first-order valence-corrected chi connectivity index (χ1v) is 5.26. The molecule has 0 spiro atoms. The third-order valence-electron chi connectivity index (χ3n) is 2.98. The van der Waals surface area contributed by atoms with Crippen molar-refractivity contribution in [3.63, 3.8) is 0 Å². The lowest BCUT2D eigenvalue weighted by molar-refractivity contribution is 0.219. The van der Waals surface area contributed by atoms with Crippen LogP contribution in [-0.4, -0.2) is 61.6 Å². The molecule has 2 rings (SSSR count). The molecule has 1 saturated heterocycles. The summed E-state index contributed by atoms with van der Waals surface area (Å²) in [6.07, 6.45) is 4.58. The van der Waals surface area contributed by atoms with E-state index in [4.69, 9.17) is 5.41 Å². The Morgan fingerprint density at radius 3 is 2.57 bits per heavy atom. The molecule has 2 unspecified atom stereocenters. The third kappa shape index (κ3) is 2.32. The zero-order valence-electron chi connectivity index (χ0n) is 8.69. The SMILES string of the molecule is CN1CCN(C=NC2CC2C=N)CC1. The van der Waals surface area contributed by atoms with Crippen LogP contribution >= 0.6 is 0 Å². The maximum absolute atomic E-state index is 7.08. The average Bonchev–Trinajstić information content (AvgIpc) is 2.96. The third-order valence-corrected chi connectivity index (χ3v) is 2.98. The zero-order chi connectivity index (χ0) is 9.97. The second-order valence-electron chi connectivity index (χ2n) is 4.24. The van der Waals surface area contributed by atoms with Crippen LogP contribution in [0.1, 0.15) is 6.42 Å². The minimum Gasteiger partial charge on any atom is -0.360 e. The van der Waals surface area contributed by atoms with Crippen LogP contribution < -0.4 is 0 Å². The number of likely N-dealkylation sites (N-methyl/N-ethyl adjacent to an activating group) is 1. The van der Waals surface area contributed by atoms with Crippen molar-refractivity contribution < 1.29 is 0 Å². The quantitative estimate of drug-likeness (QED) is 0.518. The Labute approximate surface area is 85.1 Å². The molecule has 2 atom stereocenters. The van der Waals surface area contributed by atoms with Gasteiger partial charge in [0.25, 0.3) is 0 Å². The molecule has 1 heterocycles. The molecular weight excluding hydrogens is 176 g/mol. The largest absolute Gasteiger partial charge is 0.360 e. The molecule has 0 amide bonds. The minimum absolute atomic E-state index is 0.409. The molecule has 1 saturated carbocycles. The van der Waals surface area contributed by atoms with Crippen LogP contribution in [-0.2, 0) is 0 Å². The number of aliphatic imine (C=N–C) groups is 1. The number of rotatable bonds is 3. The van der Waals surface area contributed by atoms with Gasteiger partial charge in [-0.05, 0) is 13.5 Å². The van der Waals surface area contributed by atoms with E-state index >= 15 is 0 Å². The molecule has 4 nitrogen and oxygen atoms in total. The van der Waals surface area contributed by atoms with Gasteiger partial charge in [-0.3, -0.25) is 4.99 Å². The zero-order valence-corrected chi connectivity index (χ0v) is 8.69. The molecule has 78 valence electrons. The summed E-state index contributed by atoms with van der Waals surface area (Å²) in [7, 11) is 2.15. The van der Waals surface area contributed by atoms with Crippen LogP contribution in [0.5, 0.6) is 0 Å². The van der Waals surface area contributed by atoms with Crippen molar-refractivity contribution in [2.45, 2.75) is 12.5 Å². The first kappa shape index (κ1) is 9.65. The Hall–Kier alpha value is -0.900. The standard InChI is InChI=1S/C10H18N4/c1-13-2-4-14(5-3-13)8-12-10-6-9(10)7-11/h7-11H,2-6H2,1H3. The van der Waals surface area contributed by atoms with E-state index < -0.39 is 0 Å². The molecule has 2 fully saturated rings. The predicted octanol–water partition coefficient (Wildman–Crippen LogP) is 0.300. The Morgan fingerprint density at radius 1 is 1.29 bits per heavy atom. The van der Waals surface area contributed by atoms with Crippen LogP contribution in [0, 0.1) is 11.3 Å². The summed E-state index contributed by atoms with van der Waals surface area (Å²) >= 11 is 0. The Kier molecular flexibility index (Phi) is 2.82. The van der Waals surface area contributed by atoms with Crippen LogP contribution in [0.25, 0.3) is 0 Å². The summed E-state index contributed by atoms with van der Waals surface area (Å²) in [5.41, 5.74) is 0. The highest BCUT2D eigenvalue weighted by atomic mass is 15.3. The average molecular weight is 194 g/mol. The van der Waals surface area contributed by atoms with Gasteiger partial charge < -0.3 is 15.2 Å². The molecule has 2 aliphatic rings. The molecule has 1 N–H and O–H groups in total.